The van der Waals surface area contributed by atoms with Crippen molar-refractivity contribution < 1.29 is 18.3 Å². The number of H-pyrrole nitrogens is 1. The molecule has 8 heteroatoms. The predicted octanol–water partition coefficient (Wildman–Crippen LogP) is -0.105. The second kappa shape index (κ2) is 4.46. The van der Waals surface area contributed by atoms with Crippen molar-refractivity contribution in [1.82, 2.24) is 14.5 Å². The highest BCUT2D eigenvalue weighted by Crippen LogP contribution is 2.22. The standard InChI is InChI=1S/C9H13N3O4S/c13-9(14)7-2-1-5-12(6-7)17(15,16)8-3-4-10-11-8/h3-4,7H,1-2,5-6H2,(H,10,11)(H,13,14). The Morgan fingerprint density at radius 2 is 2.35 bits per heavy atom. The Balaban J connectivity index is 2.20. The molecule has 1 fully saturated rings. The summed E-state index contributed by atoms with van der Waals surface area (Å²) in [5, 5.41) is 14.9. The van der Waals surface area contributed by atoms with Crippen LogP contribution in [-0.4, -0.2) is 47.1 Å². The molecule has 1 atom stereocenters. The average molecular weight is 259 g/mol. The highest BCUT2D eigenvalue weighted by atomic mass is 32.2. The van der Waals surface area contributed by atoms with Gasteiger partial charge in [0.1, 0.15) is 0 Å². The second-order valence-electron chi connectivity index (χ2n) is 3.96. The lowest BCUT2D eigenvalue weighted by atomic mass is 10.0. The number of sulfonamides is 1. The third-order valence-corrected chi connectivity index (χ3v) is 4.62. The number of carboxylic acid groups (broad SMARTS) is 1. The molecule has 17 heavy (non-hydrogen) atoms. The van der Waals surface area contributed by atoms with E-state index in [-0.39, 0.29) is 11.6 Å². The number of piperidine rings is 1. The van der Waals surface area contributed by atoms with E-state index in [9.17, 15) is 13.2 Å². The first-order valence-corrected chi connectivity index (χ1v) is 6.68. The summed E-state index contributed by atoms with van der Waals surface area (Å²) in [5.41, 5.74) is 0. The minimum Gasteiger partial charge on any atom is -0.481 e. The molecule has 0 bridgehead atoms. The van der Waals surface area contributed by atoms with E-state index in [2.05, 4.69) is 10.2 Å². The first-order valence-electron chi connectivity index (χ1n) is 5.24. The lowest BCUT2D eigenvalue weighted by Gasteiger charge is -2.29. The highest BCUT2D eigenvalue weighted by molar-refractivity contribution is 7.89. The van der Waals surface area contributed by atoms with Gasteiger partial charge in [0.05, 0.1) is 12.1 Å². The molecule has 1 aromatic rings. The molecule has 0 radical (unpaired) electrons. The van der Waals surface area contributed by atoms with Gasteiger partial charge in [-0.05, 0) is 18.9 Å². The molecule has 1 aromatic heterocycles. The Labute approximate surface area is 98.5 Å². The lowest BCUT2D eigenvalue weighted by molar-refractivity contribution is -0.142. The maximum Gasteiger partial charge on any atom is 0.307 e. The molecule has 1 aliphatic heterocycles. The van der Waals surface area contributed by atoms with E-state index in [1.165, 1.54) is 16.6 Å². The zero-order valence-corrected chi connectivity index (χ0v) is 9.85. The van der Waals surface area contributed by atoms with Crippen molar-refractivity contribution in [2.24, 2.45) is 5.92 Å². The summed E-state index contributed by atoms with van der Waals surface area (Å²) in [7, 11) is -3.63. The van der Waals surface area contributed by atoms with Crippen LogP contribution in [0.5, 0.6) is 0 Å². The van der Waals surface area contributed by atoms with Crippen molar-refractivity contribution in [3.8, 4) is 0 Å². The van der Waals surface area contributed by atoms with Crippen LogP contribution in [0.1, 0.15) is 12.8 Å². The van der Waals surface area contributed by atoms with Gasteiger partial charge in [-0.25, -0.2) is 8.42 Å². The normalized spacial score (nSPS) is 22.5. The SMILES string of the molecule is O=C(O)C1CCCN(S(=O)(=O)c2ccn[nH]2)C1. The number of hydrogen-bond acceptors (Lipinski definition) is 4. The molecule has 1 aliphatic rings. The highest BCUT2D eigenvalue weighted by Gasteiger charge is 2.33. The lowest BCUT2D eigenvalue weighted by Crippen LogP contribution is -2.42. The number of carboxylic acids is 1. The first kappa shape index (κ1) is 12.1. The zero-order chi connectivity index (χ0) is 12.5. The van der Waals surface area contributed by atoms with E-state index in [1.807, 2.05) is 0 Å². The zero-order valence-electron chi connectivity index (χ0n) is 9.04. The van der Waals surface area contributed by atoms with E-state index in [1.54, 1.807) is 0 Å². The number of nitrogens with zero attached hydrogens (tertiary/aromatic N) is 2. The average Bonchev–Trinajstić information content (AvgIpc) is 2.83. The molecule has 0 aromatic carbocycles. The van der Waals surface area contributed by atoms with Gasteiger partial charge in [-0.1, -0.05) is 0 Å². The fourth-order valence-corrected chi connectivity index (χ4v) is 3.31. The predicted molar refractivity (Wildman–Crippen MR) is 57.7 cm³/mol. The van der Waals surface area contributed by atoms with Crippen LogP contribution < -0.4 is 0 Å². The van der Waals surface area contributed by atoms with Gasteiger partial charge in [-0.15, -0.1) is 0 Å². The molecular weight excluding hydrogens is 246 g/mol. The van der Waals surface area contributed by atoms with Gasteiger partial charge < -0.3 is 5.11 Å². The van der Waals surface area contributed by atoms with Crippen molar-refractivity contribution in [3.05, 3.63) is 12.3 Å². The third-order valence-electron chi connectivity index (χ3n) is 2.83. The number of rotatable bonds is 3. The summed E-state index contributed by atoms with van der Waals surface area (Å²) in [5.74, 6) is -1.57. The van der Waals surface area contributed by atoms with Crippen LogP contribution in [0, 0.1) is 5.92 Å². The Hall–Kier alpha value is -1.41. The molecule has 1 saturated heterocycles. The van der Waals surface area contributed by atoms with Crippen molar-refractivity contribution in [2.45, 2.75) is 17.9 Å². The maximum atomic E-state index is 12.1. The van der Waals surface area contributed by atoms with Gasteiger partial charge in [-0.3, -0.25) is 9.89 Å². The minimum absolute atomic E-state index is 0.00328. The van der Waals surface area contributed by atoms with Gasteiger partial charge in [-0.2, -0.15) is 9.40 Å². The monoisotopic (exact) mass is 259 g/mol. The minimum atomic E-state index is -3.63. The van der Waals surface area contributed by atoms with Crippen molar-refractivity contribution in [3.63, 3.8) is 0 Å². The van der Waals surface area contributed by atoms with Crippen LogP contribution in [0.25, 0.3) is 0 Å². The number of aromatic amines is 1. The van der Waals surface area contributed by atoms with Gasteiger partial charge in [0.2, 0.25) is 0 Å². The van der Waals surface area contributed by atoms with Crippen molar-refractivity contribution in [1.29, 1.82) is 0 Å². The largest absolute Gasteiger partial charge is 0.481 e. The number of nitrogens with one attached hydrogen (secondary N) is 1. The summed E-state index contributed by atoms with van der Waals surface area (Å²) >= 11 is 0. The molecule has 7 nitrogen and oxygen atoms in total. The smallest absolute Gasteiger partial charge is 0.307 e. The van der Waals surface area contributed by atoms with E-state index in [0.717, 1.165) is 0 Å². The molecular formula is C9H13N3O4S. The fraction of sp³-hybridized carbons (Fsp3) is 0.556. The molecule has 0 saturated carbocycles. The van der Waals surface area contributed by atoms with Gasteiger partial charge >= 0.3 is 5.97 Å². The van der Waals surface area contributed by atoms with Gasteiger partial charge in [0.15, 0.2) is 5.03 Å². The number of carbonyl (C=O) groups is 1. The summed E-state index contributed by atoms with van der Waals surface area (Å²) in [6, 6.07) is 1.36. The maximum absolute atomic E-state index is 12.1. The number of aliphatic carboxylic acids is 1. The molecule has 1 unspecified atom stereocenters. The second-order valence-corrected chi connectivity index (χ2v) is 5.87. The van der Waals surface area contributed by atoms with Crippen LogP contribution in [0.2, 0.25) is 0 Å². The van der Waals surface area contributed by atoms with Crippen molar-refractivity contribution >= 4 is 16.0 Å². The summed E-state index contributed by atoms with van der Waals surface area (Å²) < 4.78 is 25.4. The van der Waals surface area contributed by atoms with E-state index in [0.29, 0.717) is 19.4 Å². The van der Waals surface area contributed by atoms with Crippen molar-refractivity contribution in [2.75, 3.05) is 13.1 Å². The quantitative estimate of drug-likeness (QED) is 0.788. The summed E-state index contributed by atoms with van der Waals surface area (Å²) in [4.78, 5) is 10.9. The van der Waals surface area contributed by atoms with Gasteiger partial charge in [0.25, 0.3) is 10.0 Å². The Morgan fingerprint density at radius 1 is 1.59 bits per heavy atom. The summed E-state index contributed by atoms with van der Waals surface area (Å²) in [6.07, 6.45) is 2.43. The van der Waals surface area contributed by atoms with Crippen LogP contribution in [0.3, 0.4) is 0 Å². The van der Waals surface area contributed by atoms with E-state index in [4.69, 9.17) is 5.11 Å². The number of hydrogen-bond donors (Lipinski definition) is 2. The number of aromatic nitrogens is 2. The molecule has 0 spiro atoms. The van der Waals surface area contributed by atoms with E-state index < -0.39 is 21.9 Å². The summed E-state index contributed by atoms with van der Waals surface area (Å²) in [6.45, 7) is 0.377. The first-order chi connectivity index (χ1) is 8.01. The van der Waals surface area contributed by atoms with Crippen LogP contribution in [0.15, 0.2) is 17.3 Å². The Bertz CT molecular complexity index is 496. The Morgan fingerprint density at radius 3 is 2.94 bits per heavy atom. The third kappa shape index (κ3) is 2.32. The Kier molecular flexibility index (Phi) is 3.16. The van der Waals surface area contributed by atoms with Gasteiger partial charge in [0, 0.05) is 13.1 Å². The fourth-order valence-electron chi connectivity index (χ4n) is 1.89. The van der Waals surface area contributed by atoms with Crippen LogP contribution in [0.4, 0.5) is 0 Å². The molecule has 0 aliphatic carbocycles. The molecule has 2 rings (SSSR count). The molecule has 94 valence electrons. The van der Waals surface area contributed by atoms with Crippen LogP contribution >= 0.6 is 0 Å². The molecule has 0 amide bonds. The molecule has 2 N–H and O–H groups in total. The topological polar surface area (TPSA) is 103 Å². The van der Waals surface area contributed by atoms with E-state index >= 15 is 0 Å². The molecule has 2 heterocycles. The van der Waals surface area contributed by atoms with Crippen LogP contribution in [-0.2, 0) is 14.8 Å².